The van der Waals surface area contributed by atoms with Gasteiger partial charge in [0, 0.05) is 25.7 Å². The molecule has 0 aromatic carbocycles. The van der Waals surface area contributed by atoms with Gasteiger partial charge in [-0.05, 0) is 45.8 Å². The van der Waals surface area contributed by atoms with Crippen molar-refractivity contribution in [2.75, 3.05) is 19.6 Å². The minimum atomic E-state index is 0.669. The zero-order valence-electron chi connectivity index (χ0n) is 11.9. The maximum absolute atomic E-state index is 4.52. The van der Waals surface area contributed by atoms with E-state index in [2.05, 4.69) is 46.8 Å². The fourth-order valence-corrected chi connectivity index (χ4v) is 2.88. The Morgan fingerprint density at radius 2 is 2.28 bits per heavy atom. The molecule has 0 bridgehead atoms. The van der Waals surface area contributed by atoms with Crippen LogP contribution in [0.4, 0.5) is 0 Å². The van der Waals surface area contributed by atoms with Crippen LogP contribution in [-0.2, 0) is 13.1 Å². The third-order valence-corrected chi connectivity index (χ3v) is 3.67. The van der Waals surface area contributed by atoms with Crippen molar-refractivity contribution >= 4 is 0 Å². The third kappa shape index (κ3) is 3.33. The Balaban J connectivity index is 1.95. The van der Waals surface area contributed by atoms with Crippen LogP contribution in [0, 0.1) is 6.92 Å². The molecule has 1 unspecified atom stereocenters. The Morgan fingerprint density at radius 1 is 1.44 bits per heavy atom. The van der Waals surface area contributed by atoms with Crippen molar-refractivity contribution in [1.82, 2.24) is 20.0 Å². The average molecular weight is 250 g/mol. The number of piperidine rings is 1. The first-order chi connectivity index (χ1) is 8.72. The molecule has 0 radical (unpaired) electrons. The van der Waals surface area contributed by atoms with Crippen LogP contribution < -0.4 is 5.32 Å². The topological polar surface area (TPSA) is 33.1 Å². The Bertz CT molecular complexity index is 370. The summed E-state index contributed by atoms with van der Waals surface area (Å²) in [6.45, 7) is 11.9. The Kier molecular flexibility index (Phi) is 4.78. The molecule has 0 amide bonds. The molecule has 1 saturated heterocycles. The average Bonchev–Trinajstić information content (AvgIpc) is 2.70. The van der Waals surface area contributed by atoms with Gasteiger partial charge in [0.25, 0.3) is 0 Å². The number of likely N-dealkylation sites (tertiary alicyclic amines) is 1. The second-order valence-corrected chi connectivity index (χ2v) is 5.22. The molecular formula is C14H26N4. The van der Waals surface area contributed by atoms with Gasteiger partial charge in [-0.2, -0.15) is 5.10 Å². The molecule has 1 aliphatic rings. The molecule has 4 nitrogen and oxygen atoms in total. The van der Waals surface area contributed by atoms with E-state index in [0.29, 0.717) is 6.04 Å². The fourth-order valence-electron chi connectivity index (χ4n) is 2.88. The number of nitrogens with one attached hydrogen (secondary N) is 1. The molecule has 2 rings (SSSR count). The van der Waals surface area contributed by atoms with E-state index < -0.39 is 0 Å². The van der Waals surface area contributed by atoms with Gasteiger partial charge in [0.2, 0.25) is 0 Å². The maximum Gasteiger partial charge on any atom is 0.0597 e. The van der Waals surface area contributed by atoms with Crippen molar-refractivity contribution in [2.45, 2.75) is 52.7 Å². The zero-order chi connectivity index (χ0) is 13.0. The third-order valence-electron chi connectivity index (χ3n) is 3.67. The first-order valence-electron chi connectivity index (χ1n) is 7.22. The highest BCUT2D eigenvalue weighted by Gasteiger charge is 2.20. The van der Waals surface area contributed by atoms with E-state index in [4.69, 9.17) is 0 Å². The molecular weight excluding hydrogens is 224 g/mol. The van der Waals surface area contributed by atoms with Crippen molar-refractivity contribution in [1.29, 1.82) is 0 Å². The molecule has 1 atom stereocenters. The summed E-state index contributed by atoms with van der Waals surface area (Å²) in [7, 11) is 0. The normalized spacial score (nSPS) is 21.4. The summed E-state index contributed by atoms with van der Waals surface area (Å²) in [5, 5.41) is 8.09. The predicted octanol–water partition coefficient (Wildman–Crippen LogP) is 1.79. The van der Waals surface area contributed by atoms with Gasteiger partial charge in [-0.15, -0.1) is 0 Å². The van der Waals surface area contributed by atoms with Crippen LogP contribution in [0.15, 0.2) is 6.07 Å². The summed E-state index contributed by atoms with van der Waals surface area (Å²) in [4.78, 5) is 2.56. The van der Waals surface area contributed by atoms with E-state index in [1.165, 1.54) is 31.6 Å². The summed E-state index contributed by atoms with van der Waals surface area (Å²) in [5.41, 5.74) is 2.49. The summed E-state index contributed by atoms with van der Waals surface area (Å²) in [5.74, 6) is 0. The van der Waals surface area contributed by atoms with E-state index in [1.54, 1.807) is 0 Å². The highest BCUT2D eigenvalue weighted by atomic mass is 15.3. The maximum atomic E-state index is 4.52. The van der Waals surface area contributed by atoms with Gasteiger partial charge >= 0.3 is 0 Å². The molecule has 102 valence electrons. The van der Waals surface area contributed by atoms with Gasteiger partial charge < -0.3 is 5.32 Å². The second-order valence-electron chi connectivity index (χ2n) is 5.22. The molecule has 0 saturated carbocycles. The molecule has 1 aromatic rings. The van der Waals surface area contributed by atoms with Crippen LogP contribution in [0.3, 0.4) is 0 Å². The van der Waals surface area contributed by atoms with Crippen molar-refractivity contribution in [3.05, 3.63) is 17.5 Å². The Labute approximate surface area is 110 Å². The molecule has 1 aliphatic heterocycles. The summed E-state index contributed by atoms with van der Waals surface area (Å²) < 4.78 is 2.13. The molecule has 2 heterocycles. The van der Waals surface area contributed by atoms with Gasteiger partial charge in [0.1, 0.15) is 0 Å². The molecule has 0 aliphatic carbocycles. The highest BCUT2D eigenvalue weighted by molar-refractivity contribution is 5.09. The van der Waals surface area contributed by atoms with Crippen LogP contribution in [-0.4, -0.2) is 40.4 Å². The van der Waals surface area contributed by atoms with E-state index in [9.17, 15) is 0 Å². The summed E-state index contributed by atoms with van der Waals surface area (Å²) in [6.07, 6.45) is 2.62. The van der Waals surface area contributed by atoms with Crippen molar-refractivity contribution in [3.8, 4) is 0 Å². The van der Waals surface area contributed by atoms with Crippen LogP contribution in [0.2, 0.25) is 0 Å². The molecule has 1 aromatic heterocycles. The van der Waals surface area contributed by atoms with E-state index in [-0.39, 0.29) is 0 Å². The quantitative estimate of drug-likeness (QED) is 0.865. The zero-order valence-corrected chi connectivity index (χ0v) is 11.9. The van der Waals surface area contributed by atoms with Crippen molar-refractivity contribution in [2.24, 2.45) is 0 Å². The van der Waals surface area contributed by atoms with Gasteiger partial charge in [0.05, 0.1) is 11.4 Å². The van der Waals surface area contributed by atoms with Crippen LogP contribution in [0.25, 0.3) is 0 Å². The minimum absolute atomic E-state index is 0.669. The summed E-state index contributed by atoms with van der Waals surface area (Å²) in [6, 6.07) is 2.89. The lowest BCUT2D eigenvalue weighted by atomic mass is 10.1. The molecule has 18 heavy (non-hydrogen) atoms. The summed E-state index contributed by atoms with van der Waals surface area (Å²) >= 11 is 0. The number of likely N-dealkylation sites (N-methyl/N-ethyl adjacent to an activating group) is 1. The standard InChI is InChI=1S/C14H26N4/c1-4-15-13-7-6-8-17(10-13)11-14-9-12(3)16-18(14)5-2/h9,13,15H,4-8,10-11H2,1-3H3. The van der Waals surface area contributed by atoms with Crippen LogP contribution in [0.5, 0.6) is 0 Å². The van der Waals surface area contributed by atoms with Gasteiger partial charge in [-0.1, -0.05) is 6.92 Å². The van der Waals surface area contributed by atoms with Crippen LogP contribution in [0.1, 0.15) is 38.1 Å². The molecule has 4 heteroatoms. The van der Waals surface area contributed by atoms with Gasteiger partial charge in [-0.25, -0.2) is 0 Å². The monoisotopic (exact) mass is 250 g/mol. The number of nitrogens with zero attached hydrogens (tertiary/aromatic N) is 3. The van der Waals surface area contributed by atoms with Gasteiger partial charge in [0.15, 0.2) is 0 Å². The number of hydrogen-bond donors (Lipinski definition) is 1. The van der Waals surface area contributed by atoms with E-state index >= 15 is 0 Å². The SMILES string of the molecule is CCNC1CCCN(Cc2cc(C)nn2CC)C1. The first-order valence-corrected chi connectivity index (χ1v) is 7.22. The van der Waals surface area contributed by atoms with E-state index in [1.807, 2.05) is 0 Å². The Hall–Kier alpha value is -0.870. The Morgan fingerprint density at radius 3 is 3.00 bits per heavy atom. The van der Waals surface area contributed by atoms with Crippen molar-refractivity contribution < 1.29 is 0 Å². The van der Waals surface area contributed by atoms with Crippen LogP contribution >= 0.6 is 0 Å². The second kappa shape index (κ2) is 6.34. The molecule has 0 spiro atoms. The number of rotatable bonds is 5. The number of hydrogen-bond acceptors (Lipinski definition) is 3. The lowest BCUT2D eigenvalue weighted by Gasteiger charge is -2.33. The van der Waals surface area contributed by atoms with Crippen molar-refractivity contribution in [3.63, 3.8) is 0 Å². The highest BCUT2D eigenvalue weighted by Crippen LogP contribution is 2.14. The smallest absolute Gasteiger partial charge is 0.0597 e. The molecule has 1 N–H and O–H groups in total. The van der Waals surface area contributed by atoms with Gasteiger partial charge in [-0.3, -0.25) is 9.58 Å². The fraction of sp³-hybridized carbons (Fsp3) is 0.786. The number of aromatic nitrogens is 2. The predicted molar refractivity (Wildman–Crippen MR) is 74.6 cm³/mol. The lowest BCUT2D eigenvalue weighted by Crippen LogP contribution is -2.45. The minimum Gasteiger partial charge on any atom is -0.313 e. The molecule has 1 fully saturated rings. The largest absolute Gasteiger partial charge is 0.313 e. The van der Waals surface area contributed by atoms with E-state index in [0.717, 1.165) is 25.3 Å². The lowest BCUT2D eigenvalue weighted by molar-refractivity contribution is 0.180. The first kappa shape index (κ1) is 13.6. The number of aryl methyl sites for hydroxylation is 2.